The summed E-state index contributed by atoms with van der Waals surface area (Å²) in [5.41, 5.74) is 7.34. The van der Waals surface area contributed by atoms with Crippen LogP contribution in [0.25, 0.3) is 0 Å². The molecule has 1 heterocycles. The van der Waals surface area contributed by atoms with E-state index in [1.807, 2.05) is 0 Å². The first-order valence-electron chi connectivity index (χ1n) is 4.82. The van der Waals surface area contributed by atoms with Gasteiger partial charge >= 0.3 is 0 Å². The van der Waals surface area contributed by atoms with E-state index < -0.39 is 6.10 Å². The molecule has 2 rings (SSSR count). The van der Waals surface area contributed by atoms with Gasteiger partial charge in [0.25, 0.3) is 0 Å². The fraction of sp³-hybridized carbons (Fsp3) is 0.182. The Morgan fingerprint density at radius 1 is 1.44 bits per heavy atom. The van der Waals surface area contributed by atoms with Gasteiger partial charge in [-0.15, -0.1) is 0 Å². The van der Waals surface area contributed by atoms with Crippen LogP contribution in [0.15, 0.2) is 24.4 Å². The van der Waals surface area contributed by atoms with E-state index in [2.05, 4.69) is 10.2 Å². The summed E-state index contributed by atoms with van der Waals surface area (Å²) in [7, 11) is 0. The Bertz CT molecular complexity index is 510. The molecule has 4 nitrogen and oxygen atoms in total. The lowest BCUT2D eigenvalue weighted by molar-refractivity contribution is 0.220. The highest BCUT2D eigenvalue weighted by molar-refractivity contribution is 5.44. The lowest BCUT2D eigenvalue weighted by atomic mass is 9.99. The molecule has 84 valence electrons. The molecule has 0 aliphatic carbocycles. The number of hydrogen-bond acceptors (Lipinski definition) is 3. The van der Waals surface area contributed by atoms with Crippen molar-refractivity contribution in [2.45, 2.75) is 13.0 Å². The number of aromatic nitrogens is 2. The van der Waals surface area contributed by atoms with Crippen LogP contribution in [0.2, 0.25) is 0 Å². The van der Waals surface area contributed by atoms with Gasteiger partial charge in [0.05, 0.1) is 6.20 Å². The van der Waals surface area contributed by atoms with Gasteiger partial charge < -0.3 is 10.8 Å². The Balaban J connectivity index is 2.45. The molecule has 16 heavy (non-hydrogen) atoms. The van der Waals surface area contributed by atoms with Crippen LogP contribution in [0.5, 0.6) is 0 Å². The largest absolute Gasteiger partial charge is 0.384 e. The van der Waals surface area contributed by atoms with Crippen molar-refractivity contribution in [3.8, 4) is 0 Å². The summed E-state index contributed by atoms with van der Waals surface area (Å²) in [6.07, 6.45) is 0.471. The first-order valence-corrected chi connectivity index (χ1v) is 4.82. The molecule has 1 atom stereocenters. The Morgan fingerprint density at radius 2 is 2.19 bits per heavy atom. The average molecular weight is 221 g/mol. The van der Waals surface area contributed by atoms with Gasteiger partial charge in [-0.1, -0.05) is 6.07 Å². The predicted octanol–water partition coefficient (Wildman–Crippen LogP) is 1.52. The standard InChI is InChI=1S/C11H12FN3O/c1-6-2-3-7(12)4-8(6)10(16)9-5-14-15-11(9)13/h2-5,10,16H,1H3,(H3,13,14,15). The maximum atomic E-state index is 13.1. The third-order valence-corrected chi connectivity index (χ3v) is 2.53. The molecule has 0 radical (unpaired) electrons. The average Bonchev–Trinajstić information content (AvgIpc) is 2.67. The first-order chi connectivity index (χ1) is 7.59. The second-order valence-corrected chi connectivity index (χ2v) is 3.64. The highest BCUT2D eigenvalue weighted by Gasteiger charge is 2.17. The minimum atomic E-state index is -0.963. The Labute approximate surface area is 91.9 Å². The SMILES string of the molecule is Cc1ccc(F)cc1C(O)c1cn[nH]c1N. The summed E-state index contributed by atoms with van der Waals surface area (Å²) in [6, 6.07) is 4.26. The number of benzene rings is 1. The lowest BCUT2D eigenvalue weighted by Gasteiger charge is -2.12. The molecule has 5 heteroatoms. The van der Waals surface area contributed by atoms with Crippen molar-refractivity contribution >= 4 is 5.82 Å². The number of aromatic amines is 1. The molecule has 0 saturated heterocycles. The first kappa shape index (κ1) is 10.6. The molecule has 0 bridgehead atoms. The van der Waals surface area contributed by atoms with Crippen LogP contribution in [-0.4, -0.2) is 15.3 Å². The van der Waals surface area contributed by atoms with E-state index in [0.717, 1.165) is 5.56 Å². The van der Waals surface area contributed by atoms with Crippen LogP contribution < -0.4 is 5.73 Å². The van der Waals surface area contributed by atoms with E-state index in [0.29, 0.717) is 11.1 Å². The number of H-pyrrole nitrogens is 1. The summed E-state index contributed by atoms with van der Waals surface area (Å²) in [5.74, 6) is -0.0992. The van der Waals surface area contributed by atoms with Gasteiger partial charge in [-0.05, 0) is 30.2 Å². The second-order valence-electron chi connectivity index (χ2n) is 3.64. The van der Waals surface area contributed by atoms with Gasteiger partial charge in [-0.25, -0.2) is 4.39 Å². The third-order valence-electron chi connectivity index (χ3n) is 2.53. The summed E-state index contributed by atoms with van der Waals surface area (Å²) >= 11 is 0. The van der Waals surface area contributed by atoms with E-state index in [4.69, 9.17) is 5.73 Å². The van der Waals surface area contributed by atoms with E-state index in [9.17, 15) is 9.50 Å². The fourth-order valence-electron chi connectivity index (χ4n) is 1.60. The van der Waals surface area contributed by atoms with Crippen LogP contribution in [0.3, 0.4) is 0 Å². The number of aliphatic hydroxyl groups is 1. The molecule has 0 aliphatic rings. The van der Waals surface area contributed by atoms with Gasteiger partial charge in [0.15, 0.2) is 0 Å². The monoisotopic (exact) mass is 221 g/mol. The van der Waals surface area contributed by atoms with Crippen molar-refractivity contribution in [3.63, 3.8) is 0 Å². The van der Waals surface area contributed by atoms with Gasteiger partial charge in [-0.2, -0.15) is 5.10 Å². The molecule has 0 fully saturated rings. The molecule has 0 aliphatic heterocycles. The van der Waals surface area contributed by atoms with E-state index in [1.54, 1.807) is 13.0 Å². The smallest absolute Gasteiger partial charge is 0.125 e. The number of nitrogens with two attached hydrogens (primary N) is 1. The molecular formula is C11H12FN3O. The van der Waals surface area contributed by atoms with Crippen LogP contribution in [-0.2, 0) is 0 Å². The number of anilines is 1. The number of halogens is 1. The molecule has 0 saturated carbocycles. The highest BCUT2D eigenvalue weighted by Crippen LogP contribution is 2.27. The number of aliphatic hydroxyl groups excluding tert-OH is 1. The normalized spacial score (nSPS) is 12.7. The van der Waals surface area contributed by atoms with Crippen molar-refractivity contribution in [1.82, 2.24) is 10.2 Å². The molecule has 0 spiro atoms. The number of nitrogens with one attached hydrogen (secondary N) is 1. The minimum Gasteiger partial charge on any atom is -0.384 e. The Morgan fingerprint density at radius 3 is 2.81 bits per heavy atom. The van der Waals surface area contributed by atoms with Gasteiger partial charge in [0.2, 0.25) is 0 Å². The van der Waals surface area contributed by atoms with Crippen LogP contribution in [0, 0.1) is 12.7 Å². The van der Waals surface area contributed by atoms with E-state index >= 15 is 0 Å². The number of rotatable bonds is 2. The van der Waals surface area contributed by atoms with E-state index in [1.165, 1.54) is 18.3 Å². The predicted molar refractivity (Wildman–Crippen MR) is 58.2 cm³/mol. The fourth-order valence-corrected chi connectivity index (χ4v) is 1.60. The number of hydrogen-bond donors (Lipinski definition) is 3. The van der Waals surface area contributed by atoms with Gasteiger partial charge in [0.1, 0.15) is 17.7 Å². The molecule has 0 amide bonds. The van der Waals surface area contributed by atoms with Crippen molar-refractivity contribution in [1.29, 1.82) is 0 Å². The maximum absolute atomic E-state index is 13.1. The Hall–Kier alpha value is -1.88. The number of nitrogen functional groups attached to an aromatic ring is 1. The molecule has 1 aromatic heterocycles. The zero-order valence-electron chi connectivity index (χ0n) is 8.74. The Kier molecular flexibility index (Phi) is 2.62. The van der Waals surface area contributed by atoms with Crippen LogP contribution in [0.4, 0.5) is 10.2 Å². The summed E-state index contributed by atoms with van der Waals surface area (Å²) in [5, 5.41) is 16.3. The molecule has 1 aromatic carbocycles. The van der Waals surface area contributed by atoms with Crippen molar-refractivity contribution in [2.24, 2.45) is 0 Å². The van der Waals surface area contributed by atoms with E-state index in [-0.39, 0.29) is 11.6 Å². The van der Waals surface area contributed by atoms with Crippen molar-refractivity contribution in [3.05, 3.63) is 46.9 Å². The molecule has 4 N–H and O–H groups in total. The van der Waals surface area contributed by atoms with Crippen LogP contribution >= 0.6 is 0 Å². The highest BCUT2D eigenvalue weighted by atomic mass is 19.1. The second kappa shape index (κ2) is 3.94. The van der Waals surface area contributed by atoms with Crippen molar-refractivity contribution in [2.75, 3.05) is 5.73 Å². The van der Waals surface area contributed by atoms with Crippen LogP contribution in [0.1, 0.15) is 22.8 Å². The molecule has 2 aromatic rings. The van der Waals surface area contributed by atoms with Gasteiger partial charge in [-0.3, -0.25) is 5.10 Å². The summed E-state index contributed by atoms with van der Waals surface area (Å²) in [6.45, 7) is 1.80. The quantitative estimate of drug-likeness (QED) is 0.719. The lowest BCUT2D eigenvalue weighted by Crippen LogP contribution is -2.04. The summed E-state index contributed by atoms with van der Waals surface area (Å²) < 4.78 is 13.1. The molecule has 1 unspecified atom stereocenters. The summed E-state index contributed by atoms with van der Waals surface area (Å²) in [4.78, 5) is 0. The zero-order chi connectivity index (χ0) is 11.7. The number of aryl methyl sites for hydroxylation is 1. The topological polar surface area (TPSA) is 74.9 Å². The minimum absolute atomic E-state index is 0.288. The maximum Gasteiger partial charge on any atom is 0.125 e. The third kappa shape index (κ3) is 1.77. The number of nitrogens with zero attached hydrogens (tertiary/aromatic N) is 1. The van der Waals surface area contributed by atoms with Crippen molar-refractivity contribution < 1.29 is 9.50 Å². The molecular weight excluding hydrogens is 209 g/mol. The zero-order valence-corrected chi connectivity index (χ0v) is 8.74. The van der Waals surface area contributed by atoms with Gasteiger partial charge in [0, 0.05) is 5.56 Å².